The number of nitrogens with one attached hydrogen (secondary N) is 1. The van der Waals surface area contributed by atoms with E-state index in [1.807, 2.05) is 29.2 Å². The van der Waals surface area contributed by atoms with E-state index in [1.165, 1.54) is 17.7 Å². The second kappa shape index (κ2) is 8.25. The van der Waals surface area contributed by atoms with Crippen molar-refractivity contribution in [2.75, 3.05) is 13.1 Å². The molecule has 3 rings (SSSR count). The quantitative estimate of drug-likeness (QED) is 0.869. The molecule has 5 nitrogen and oxygen atoms in total. The first-order valence-electron chi connectivity index (χ1n) is 9.43. The van der Waals surface area contributed by atoms with Gasteiger partial charge in [-0.05, 0) is 54.7 Å². The minimum atomic E-state index is -0.194. The summed E-state index contributed by atoms with van der Waals surface area (Å²) >= 11 is 0. The first-order chi connectivity index (χ1) is 12.9. The molecule has 0 aromatic heterocycles. The lowest BCUT2D eigenvalue weighted by molar-refractivity contribution is 0.0698. The van der Waals surface area contributed by atoms with Gasteiger partial charge < -0.3 is 15.3 Å². The van der Waals surface area contributed by atoms with Crippen molar-refractivity contribution in [2.24, 2.45) is 0 Å². The van der Waals surface area contributed by atoms with E-state index >= 15 is 0 Å². The summed E-state index contributed by atoms with van der Waals surface area (Å²) in [5.41, 5.74) is 2.38. The maximum atomic E-state index is 12.7. The van der Waals surface area contributed by atoms with Gasteiger partial charge in [0.15, 0.2) is 0 Å². The van der Waals surface area contributed by atoms with Gasteiger partial charge in [-0.15, -0.1) is 0 Å². The summed E-state index contributed by atoms with van der Waals surface area (Å²) in [6.45, 7) is 5.50. The summed E-state index contributed by atoms with van der Waals surface area (Å²) in [5, 5.41) is 12.5. The van der Waals surface area contributed by atoms with Gasteiger partial charge in [0.25, 0.3) is 11.8 Å². The predicted molar refractivity (Wildman–Crippen MR) is 105 cm³/mol. The van der Waals surface area contributed by atoms with Crippen molar-refractivity contribution in [2.45, 2.75) is 38.6 Å². The largest absolute Gasteiger partial charge is 0.508 e. The van der Waals surface area contributed by atoms with Crippen LogP contribution in [0.5, 0.6) is 5.75 Å². The van der Waals surface area contributed by atoms with Crippen molar-refractivity contribution in [3.8, 4) is 5.75 Å². The average molecular weight is 366 g/mol. The van der Waals surface area contributed by atoms with E-state index in [-0.39, 0.29) is 23.6 Å². The molecule has 0 saturated carbocycles. The van der Waals surface area contributed by atoms with E-state index in [9.17, 15) is 14.7 Å². The van der Waals surface area contributed by atoms with Gasteiger partial charge >= 0.3 is 0 Å². The number of nitrogens with zero attached hydrogens (tertiary/aromatic N) is 1. The number of aromatic hydroxyl groups is 1. The van der Waals surface area contributed by atoms with E-state index in [2.05, 4.69) is 19.2 Å². The molecule has 1 fully saturated rings. The fourth-order valence-corrected chi connectivity index (χ4v) is 3.34. The zero-order valence-corrected chi connectivity index (χ0v) is 15.8. The van der Waals surface area contributed by atoms with Crippen molar-refractivity contribution < 1.29 is 14.7 Å². The lowest BCUT2D eigenvalue weighted by Gasteiger charge is -2.32. The van der Waals surface area contributed by atoms with Crippen LogP contribution < -0.4 is 5.32 Å². The van der Waals surface area contributed by atoms with Crippen LogP contribution in [0.2, 0.25) is 0 Å². The molecule has 1 aliphatic heterocycles. The molecule has 2 aromatic rings. The van der Waals surface area contributed by atoms with Gasteiger partial charge in [-0.1, -0.05) is 32.0 Å². The molecule has 1 saturated heterocycles. The molecule has 142 valence electrons. The summed E-state index contributed by atoms with van der Waals surface area (Å²) < 4.78 is 0. The van der Waals surface area contributed by atoms with E-state index in [0.717, 1.165) is 12.8 Å². The van der Waals surface area contributed by atoms with Crippen LogP contribution in [0.3, 0.4) is 0 Å². The third-order valence-corrected chi connectivity index (χ3v) is 5.05. The van der Waals surface area contributed by atoms with Crippen molar-refractivity contribution in [3.63, 3.8) is 0 Å². The number of phenols is 1. The van der Waals surface area contributed by atoms with E-state index in [1.54, 1.807) is 12.1 Å². The fraction of sp³-hybridized carbons (Fsp3) is 0.364. The second-order valence-corrected chi connectivity index (χ2v) is 7.37. The highest BCUT2D eigenvalue weighted by molar-refractivity contribution is 5.95. The molecule has 1 aliphatic rings. The van der Waals surface area contributed by atoms with Crippen molar-refractivity contribution in [1.29, 1.82) is 0 Å². The Morgan fingerprint density at radius 1 is 1.04 bits per heavy atom. The van der Waals surface area contributed by atoms with Gasteiger partial charge in [0.05, 0.1) is 0 Å². The standard InChI is InChI=1S/C22H26N2O3/c1-15(2)16-6-8-17(9-7-16)22(27)24-12-10-19(11-13-24)23-21(26)18-4-3-5-20(25)14-18/h3-9,14-15,19,25H,10-13H2,1-2H3,(H,23,26). The third-order valence-electron chi connectivity index (χ3n) is 5.05. The van der Waals surface area contributed by atoms with Gasteiger partial charge in [-0.2, -0.15) is 0 Å². The SMILES string of the molecule is CC(C)c1ccc(C(=O)N2CCC(NC(=O)c3cccc(O)c3)CC2)cc1. The third kappa shape index (κ3) is 4.67. The second-order valence-electron chi connectivity index (χ2n) is 7.37. The van der Waals surface area contributed by atoms with Crippen LogP contribution in [-0.2, 0) is 0 Å². The number of likely N-dealkylation sites (tertiary alicyclic amines) is 1. The molecule has 0 aliphatic carbocycles. The zero-order chi connectivity index (χ0) is 19.4. The van der Waals surface area contributed by atoms with Crippen LogP contribution in [0.15, 0.2) is 48.5 Å². The lowest BCUT2D eigenvalue weighted by Crippen LogP contribution is -2.46. The Labute approximate surface area is 160 Å². The molecule has 2 N–H and O–H groups in total. The molecule has 0 unspecified atom stereocenters. The fourth-order valence-electron chi connectivity index (χ4n) is 3.34. The molecule has 2 amide bonds. The predicted octanol–water partition coefficient (Wildman–Crippen LogP) is 3.55. The number of carbonyl (C=O) groups excluding carboxylic acids is 2. The molecule has 0 spiro atoms. The summed E-state index contributed by atoms with van der Waals surface area (Å²) in [6.07, 6.45) is 1.45. The van der Waals surface area contributed by atoms with Crippen LogP contribution in [0, 0.1) is 0 Å². The van der Waals surface area contributed by atoms with Gasteiger partial charge in [-0.25, -0.2) is 0 Å². The van der Waals surface area contributed by atoms with Crippen molar-refractivity contribution >= 4 is 11.8 Å². The number of rotatable bonds is 4. The summed E-state index contributed by atoms with van der Waals surface area (Å²) in [5.74, 6) is 0.370. The monoisotopic (exact) mass is 366 g/mol. The average Bonchev–Trinajstić information content (AvgIpc) is 2.68. The first kappa shape index (κ1) is 19.0. The Morgan fingerprint density at radius 3 is 2.30 bits per heavy atom. The minimum absolute atomic E-state index is 0.0345. The van der Waals surface area contributed by atoms with Gasteiger partial charge in [0.2, 0.25) is 0 Å². The maximum absolute atomic E-state index is 12.7. The van der Waals surface area contributed by atoms with Gasteiger partial charge in [-0.3, -0.25) is 9.59 Å². The van der Waals surface area contributed by atoms with Crippen LogP contribution in [0.4, 0.5) is 0 Å². The zero-order valence-electron chi connectivity index (χ0n) is 15.8. The Morgan fingerprint density at radius 2 is 1.70 bits per heavy atom. The van der Waals surface area contributed by atoms with Crippen LogP contribution in [-0.4, -0.2) is 41.0 Å². The van der Waals surface area contributed by atoms with E-state index < -0.39 is 0 Å². The number of hydrogen-bond donors (Lipinski definition) is 2. The number of amides is 2. The summed E-state index contributed by atoms with van der Waals surface area (Å²) in [7, 11) is 0. The lowest BCUT2D eigenvalue weighted by atomic mass is 10.00. The molecule has 0 atom stereocenters. The summed E-state index contributed by atoms with van der Waals surface area (Å²) in [4.78, 5) is 26.8. The van der Waals surface area contributed by atoms with Crippen LogP contribution in [0.25, 0.3) is 0 Å². The van der Waals surface area contributed by atoms with Crippen LogP contribution in [0.1, 0.15) is 58.9 Å². The highest BCUT2D eigenvalue weighted by Crippen LogP contribution is 2.18. The highest BCUT2D eigenvalue weighted by atomic mass is 16.3. The molecule has 1 heterocycles. The number of benzene rings is 2. The van der Waals surface area contributed by atoms with E-state index in [0.29, 0.717) is 30.1 Å². The van der Waals surface area contributed by atoms with Crippen molar-refractivity contribution in [1.82, 2.24) is 10.2 Å². The summed E-state index contributed by atoms with van der Waals surface area (Å²) in [6, 6.07) is 14.2. The van der Waals surface area contributed by atoms with E-state index in [4.69, 9.17) is 0 Å². The normalized spacial score (nSPS) is 15.0. The molecular weight excluding hydrogens is 340 g/mol. The smallest absolute Gasteiger partial charge is 0.253 e. The molecule has 0 bridgehead atoms. The van der Waals surface area contributed by atoms with Gasteiger partial charge in [0, 0.05) is 30.3 Å². The molecule has 0 radical (unpaired) electrons. The number of carbonyl (C=O) groups is 2. The number of phenolic OH excluding ortho intramolecular Hbond substituents is 1. The van der Waals surface area contributed by atoms with Crippen LogP contribution >= 0.6 is 0 Å². The minimum Gasteiger partial charge on any atom is -0.508 e. The highest BCUT2D eigenvalue weighted by Gasteiger charge is 2.25. The topological polar surface area (TPSA) is 69.6 Å². The molecule has 27 heavy (non-hydrogen) atoms. The van der Waals surface area contributed by atoms with Crippen molar-refractivity contribution in [3.05, 3.63) is 65.2 Å². The number of piperidine rings is 1. The first-order valence-corrected chi connectivity index (χ1v) is 9.43. The molecule has 2 aromatic carbocycles. The number of hydrogen-bond acceptors (Lipinski definition) is 3. The Kier molecular flexibility index (Phi) is 5.79. The Balaban J connectivity index is 1.53. The molecular formula is C22H26N2O3. The van der Waals surface area contributed by atoms with Gasteiger partial charge in [0.1, 0.15) is 5.75 Å². The molecule has 5 heteroatoms. The Hall–Kier alpha value is -2.82. The maximum Gasteiger partial charge on any atom is 0.253 e. The Bertz CT molecular complexity index is 807.